The van der Waals surface area contributed by atoms with Crippen molar-refractivity contribution in [2.24, 2.45) is 0 Å². The lowest BCUT2D eigenvalue weighted by Crippen LogP contribution is -2.48. The number of carbonyl (C=O) groups is 2. The minimum atomic E-state index is -2.11. The maximum absolute atomic E-state index is 12.2. The van der Waals surface area contributed by atoms with Gasteiger partial charge in [-0.2, -0.15) is 0 Å². The van der Waals surface area contributed by atoms with E-state index in [2.05, 4.69) is 33.9 Å². The van der Waals surface area contributed by atoms with Gasteiger partial charge in [0.1, 0.15) is 6.10 Å². The highest BCUT2D eigenvalue weighted by Gasteiger charge is 2.49. The van der Waals surface area contributed by atoms with Gasteiger partial charge < -0.3 is 18.6 Å². The third-order valence-corrected chi connectivity index (χ3v) is 10.8. The van der Waals surface area contributed by atoms with Crippen LogP contribution in [0.3, 0.4) is 0 Å². The van der Waals surface area contributed by atoms with Crippen LogP contribution in [0.5, 0.6) is 0 Å². The molecule has 0 amide bonds. The zero-order valence-corrected chi connectivity index (χ0v) is 20.8. The number of methoxy groups -OCH3 is 2. The number of rotatable bonds is 9. The first-order chi connectivity index (χ1) is 14.5. The summed E-state index contributed by atoms with van der Waals surface area (Å²) in [7, 11) is 0.613. The summed E-state index contributed by atoms with van der Waals surface area (Å²) >= 11 is 0. The molecule has 1 fully saturated rings. The molecule has 0 radical (unpaired) electrons. The van der Waals surface area contributed by atoms with Crippen molar-refractivity contribution < 1.29 is 28.2 Å². The maximum Gasteiger partial charge on any atom is 0.319 e. The molecule has 1 aromatic carbocycles. The summed E-state index contributed by atoms with van der Waals surface area (Å²) in [6, 6.07) is 9.55. The number of hydrogen-bond acceptors (Lipinski definition) is 7. The molecule has 7 nitrogen and oxygen atoms in total. The van der Waals surface area contributed by atoms with Crippen molar-refractivity contribution in [2.75, 3.05) is 27.3 Å². The van der Waals surface area contributed by atoms with Crippen molar-refractivity contribution in [3.63, 3.8) is 0 Å². The summed E-state index contributed by atoms with van der Waals surface area (Å²) in [6.45, 7) is 11.9. The molecule has 0 unspecified atom stereocenters. The molecule has 8 heteroatoms. The van der Waals surface area contributed by atoms with Crippen LogP contribution < -0.4 is 0 Å². The Bertz CT molecular complexity index is 733. The molecule has 31 heavy (non-hydrogen) atoms. The van der Waals surface area contributed by atoms with Gasteiger partial charge in [0.25, 0.3) is 0 Å². The van der Waals surface area contributed by atoms with E-state index in [0.29, 0.717) is 13.2 Å². The lowest BCUT2D eigenvalue weighted by atomic mass is 10.1. The first-order valence-electron chi connectivity index (χ1n) is 10.7. The molecule has 0 bridgehead atoms. The third-order valence-electron chi connectivity index (χ3n) is 6.33. The Morgan fingerprint density at radius 2 is 1.68 bits per heavy atom. The molecule has 1 aromatic rings. The topological polar surface area (TPSA) is 74.3 Å². The highest BCUT2D eigenvalue weighted by Crippen LogP contribution is 2.40. The van der Waals surface area contributed by atoms with E-state index in [1.807, 2.05) is 35.2 Å². The van der Waals surface area contributed by atoms with Crippen molar-refractivity contribution in [1.29, 1.82) is 0 Å². The Morgan fingerprint density at radius 3 is 2.23 bits per heavy atom. The molecule has 0 aromatic heterocycles. The van der Waals surface area contributed by atoms with Gasteiger partial charge in [-0.25, -0.2) is 0 Å². The van der Waals surface area contributed by atoms with E-state index in [9.17, 15) is 9.59 Å². The molecular formula is C23H37NO6Si. The minimum Gasteiger partial charge on any atom is -0.469 e. The first-order valence-corrected chi connectivity index (χ1v) is 13.6. The Morgan fingerprint density at radius 1 is 1.06 bits per heavy atom. The summed E-state index contributed by atoms with van der Waals surface area (Å²) in [5.74, 6) is -0.703. The quantitative estimate of drug-likeness (QED) is 0.421. The van der Waals surface area contributed by atoms with Crippen molar-refractivity contribution in [3.8, 4) is 0 Å². The third kappa shape index (κ3) is 6.87. The van der Waals surface area contributed by atoms with Crippen LogP contribution in [0, 0.1) is 0 Å². The molecule has 0 spiro atoms. The minimum absolute atomic E-state index is 0.0184. The molecule has 0 N–H and O–H groups in total. The Labute approximate surface area is 187 Å². The van der Waals surface area contributed by atoms with Crippen LogP contribution in [-0.4, -0.2) is 70.7 Å². The number of benzene rings is 1. The second-order valence-corrected chi connectivity index (χ2v) is 14.3. The molecule has 174 valence electrons. The number of hydrogen-bond donors (Lipinski definition) is 0. The number of likely N-dealkylation sites (tertiary alicyclic amines) is 1. The smallest absolute Gasteiger partial charge is 0.319 e. The van der Waals surface area contributed by atoms with Crippen LogP contribution in [0.2, 0.25) is 18.1 Å². The van der Waals surface area contributed by atoms with E-state index in [-0.39, 0.29) is 48.2 Å². The Balaban J connectivity index is 2.31. The summed E-state index contributed by atoms with van der Waals surface area (Å²) in [5, 5.41) is 0.0184. The van der Waals surface area contributed by atoms with E-state index in [4.69, 9.17) is 18.6 Å². The fourth-order valence-electron chi connectivity index (χ4n) is 3.48. The molecule has 0 saturated carbocycles. The van der Waals surface area contributed by atoms with Crippen molar-refractivity contribution in [3.05, 3.63) is 35.9 Å². The zero-order valence-electron chi connectivity index (χ0n) is 19.8. The molecule has 1 saturated heterocycles. The fraction of sp³-hybridized carbons (Fsp3) is 0.652. The van der Waals surface area contributed by atoms with Crippen LogP contribution in [-0.2, 0) is 34.8 Å². The normalized spacial score (nSPS) is 22.4. The van der Waals surface area contributed by atoms with Gasteiger partial charge in [-0.05, 0) is 23.7 Å². The van der Waals surface area contributed by atoms with E-state index < -0.39 is 8.32 Å². The lowest BCUT2D eigenvalue weighted by Gasteiger charge is -2.39. The van der Waals surface area contributed by atoms with Gasteiger partial charge >= 0.3 is 11.9 Å². The molecule has 1 heterocycles. The molecule has 1 aliphatic heterocycles. The van der Waals surface area contributed by atoms with E-state index in [1.54, 1.807) is 0 Å². The van der Waals surface area contributed by atoms with Crippen LogP contribution in [0.25, 0.3) is 0 Å². The predicted molar refractivity (Wildman–Crippen MR) is 121 cm³/mol. The molecule has 2 rings (SSSR count). The van der Waals surface area contributed by atoms with Gasteiger partial charge in [0.05, 0.1) is 39.9 Å². The van der Waals surface area contributed by atoms with E-state index in [1.165, 1.54) is 14.2 Å². The average molecular weight is 452 g/mol. The number of carbonyl (C=O) groups excluding carboxylic acids is 2. The average Bonchev–Trinajstić information content (AvgIpc) is 3.01. The summed E-state index contributed by atoms with van der Waals surface area (Å²) in [6.07, 6.45) is -0.522. The van der Waals surface area contributed by atoms with Crippen molar-refractivity contribution in [1.82, 2.24) is 4.90 Å². The summed E-state index contributed by atoms with van der Waals surface area (Å²) < 4.78 is 22.9. The first kappa shape index (κ1) is 25.5. The van der Waals surface area contributed by atoms with Crippen molar-refractivity contribution in [2.45, 2.75) is 70.2 Å². The van der Waals surface area contributed by atoms with Gasteiger partial charge in [0.15, 0.2) is 8.32 Å². The highest BCUT2D eigenvalue weighted by molar-refractivity contribution is 6.74. The largest absolute Gasteiger partial charge is 0.469 e. The standard InChI is InChI=1S/C23H37NO6Si/c1-23(2,3)31(6,7)30-19-14-24(15-21(26)28-5)18(13-20(25)27-4)22(19)29-16-17-11-9-8-10-12-17/h8-12,18-19,22H,13-16H2,1-7H3/t18-,19+,22-/m0/s1. The van der Waals surface area contributed by atoms with Crippen molar-refractivity contribution >= 4 is 20.3 Å². The highest BCUT2D eigenvalue weighted by atomic mass is 28.4. The zero-order chi connectivity index (χ0) is 23.2. The van der Waals surface area contributed by atoms with Gasteiger partial charge in [-0.15, -0.1) is 0 Å². The SMILES string of the molecule is COC(=O)C[C@H]1[C@H](OCc2ccccc2)[C@H](O[Si](C)(C)C(C)(C)C)CN1CC(=O)OC. The number of nitrogens with zero attached hydrogens (tertiary/aromatic N) is 1. The van der Waals surface area contributed by atoms with Crippen LogP contribution >= 0.6 is 0 Å². The van der Waals surface area contributed by atoms with Crippen LogP contribution in [0.4, 0.5) is 0 Å². The van der Waals surface area contributed by atoms with E-state index in [0.717, 1.165) is 5.56 Å². The molecule has 1 aliphatic rings. The number of esters is 2. The molecular weight excluding hydrogens is 414 g/mol. The van der Waals surface area contributed by atoms with Crippen LogP contribution in [0.1, 0.15) is 32.8 Å². The molecule has 3 atom stereocenters. The monoisotopic (exact) mass is 451 g/mol. The predicted octanol–water partition coefficient (Wildman–Crippen LogP) is 3.38. The fourth-order valence-corrected chi connectivity index (χ4v) is 4.80. The summed E-state index contributed by atoms with van der Waals surface area (Å²) in [4.78, 5) is 26.2. The summed E-state index contributed by atoms with van der Waals surface area (Å²) in [5.41, 5.74) is 1.04. The Kier molecular flexibility index (Phi) is 8.82. The van der Waals surface area contributed by atoms with Gasteiger partial charge in [0, 0.05) is 12.6 Å². The van der Waals surface area contributed by atoms with Crippen LogP contribution in [0.15, 0.2) is 30.3 Å². The molecule has 0 aliphatic carbocycles. The maximum atomic E-state index is 12.2. The second-order valence-electron chi connectivity index (χ2n) is 9.53. The van der Waals surface area contributed by atoms with Gasteiger partial charge in [0.2, 0.25) is 0 Å². The Hall–Kier alpha value is -1.74. The number of ether oxygens (including phenoxy) is 3. The van der Waals surface area contributed by atoms with Gasteiger partial charge in [-0.1, -0.05) is 51.1 Å². The lowest BCUT2D eigenvalue weighted by molar-refractivity contribution is -0.146. The van der Waals surface area contributed by atoms with E-state index >= 15 is 0 Å². The van der Waals surface area contributed by atoms with Gasteiger partial charge in [-0.3, -0.25) is 14.5 Å². The second kappa shape index (κ2) is 10.7.